The summed E-state index contributed by atoms with van der Waals surface area (Å²) in [6.07, 6.45) is 5.11. The zero-order valence-electron chi connectivity index (χ0n) is 16.4. The molecule has 4 rings (SSSR count). The molecule has 1 aliphatic heterocycles. The van der Waals surface area contributed by atoms with Crippen molar-refractivity contribution in [2.24, 2.45) is 0 Å². The van der Waals surface area contributed by atoms with Crippen LogP contribution in [0.3, 0.4) is 0 Å². The maximum absolute atomic E-state index is 5.34. The molecule has 0 N–H and O–H groups in total. The number of hydrogen-bond acceptors (Lipinski definition) is 4. The molecule has 1 aromatic carbocycles. The van der Waals surface area contributed by atoms with Crippen molar-refractivity contribution in [1.82, 2.24) is 14.9 Å². The molecule has 0 saturated carbocycles. The van der Waals surface area contributed by atoms with Crippen LogP contribution >= 0.6 is 0 Å². The van der Waals surface area contributed by atoms with Crippen LogP contribution in [0.15, 0.2) is 66.9 Å². The Morgan fingerprint density at radius 1 is 1.04 bits per heavy atom. The molecular weight excluding hydrogens is 346 g/mol. The summed E-state index contributed by atoms with van der Waals surface area (Å²) in [7, 11) is 1.71. The lowest BCUT2D eigenvalue weighted by Gasteiger charge is -2.32. The number of ether oxygens (including phenoxy) is 1. The minimum Gasteiger partial charge on any atom is -0.497 e. The summed E-state index contributed by atoms with van der Waals surface area (Å²) in [4.78, 5) is 12.0. The number of piperidine rings is 1. The summed E-state index contributed by atoms with van der Waals surface area (Å²) in [5.74, 6) is 1.38. The lowest BCUT2D eigenvalue weighted by atomic mass is 9.93. The highest BCUT2D eigenvalue weighted by atomic mass is 16.5. The van der Waals surface area contributed by atoms with E-state index in [4.69, 9.17) is 9.72 Å². The third kappa shape index (κ3) is 4.76. The number of pyridine rings is 2. The highest BCUT2D eigenvalue weighted by Crippen LogP contribution is 2.27. The van der Waals surface area contributed by atoms with Gasteiger partial charge in [0.1, 0.15) is 5.75 Å². The van der Waals surface area contributed by atoms with Crippen LogP contribution in [0.25, 0.3) is 0 Å². The van der Waals surface area contributed by atoms with E-state index in [1.807, 2.05) is 24.4 Å². The highest BCUT2D eigenvalue weighted by Gasteiger charge is 2.22. The first kappa shape index (κ1) is 18.6. The molecule has 1 saturated heterocycles. The van der Waals surface area contributed by atoms with Crippen molar-refractivity contribution in [3.63, 3.8) is 0 Å². The van der Waals surface area contributed by atoms with Crippen molar-refractivity contribution < 1.29 is 4.74 Å². The van der Waals surface area contributed by atoms with Crippen LogP contribution in [0.1, 0.15) is 41.4 Å². The van der Waals surface area contributed by atoms with Crippen LogP contribution in [0.5, 0.6) is 5.75 Å². The fourth-order valence-electron chi connectivity index (χ4n) is 3.98. The third-order valence-corrected chi connectivity index (χ3v) is 5.38. The van der Waals surface area contributed by atoms with E-state index in [1.165, 1.54) is 24.1 Å². The van der Waals surface area contributed by atoms with E-state index in [2.05, 4.69) is 52.3 Å². The predicted octanol–water partition coefficient (Wildman–Crippen LogP) is 4.46. The van der Waals surface area contributed by atoms with Gasteiger partial charge in [-0.05, 0) is 61.3 Å². The molecule has 0 aliphatic carbocycles. The van der Waals surface area contributed by atoms with E-state index in [0.717, 1.165) is 43.2 Å². The maximum Gasteiger partial charge on any atom is 0.119 e. The second-order valence-corrected chi connectivity index (χ2v) is 7.48. The van der Waals surface area contributed by atoms with Gasteiger partial charge in [0.25, 0.3) is 0 Å². The summed E-state index contributed by atoms with van der Waals surface area (Å²) in [5.41, 5.74) is 4.70. The molecule has 2 aromatic heterocycles. The molecule has 0 spiro atoms. The molecule has 1 aliphatic rings. The van der Waals surface area contributed by atoms with Crippen molar-refractivity contribution in [3.05, 3.63) is 89.5 Å². The minimum atomic E-state index is 0.489. The lowest BCUT2D eigenvalue weighted by molar-refractivity contribution is 0.196. The van der Waals surface area contributed by atoms with E-state index in [0.29, 0.717) is 5.92 Å². The summed E-state index contributed by atoms with van der Waals surface area (Å²) >= 11 is 0. The van der Waals surface area contributed by atoms with Crippen LogP contribution in [0, 0.1) is 0 Å². The molecule has 0 radical (unpaired) electrons. The zero-order valence-corrected chi connectivity index (χ0v) is 16.4. The van der Waals surface area contributed by atoms with Crippen LogP contribution < -0.4 is 4.74 Å². The van der Waals surface area contributed by atoms with Gasteiger partial charge in [-0.15, -0.1) is 0 Å². The first-order valence-electron chi connectivity index (χ1n) is 10.0. The van der Waals surface area contributed by atoms with E-state index in [1.54, 1.807) is 7.11 Å². The van der Waals surface area contributed by atoms with Crippen molar-refractivity contribution in [2.45, 2.75) is 31.7 Å². The van der Waals surface area contributed by atoms with Crippen LogP contribution in [0.4, 0.5) is 0 Å². The smallest absolute Gasteiger partial charge is 0.119 e. The molecule has 28 heavy (non-hydrogen) atoms. The average Bonchev–Trinajstić information content (AvgIpc) is 2.75. The van der Waals surface area contributed by atoms with Gasteiger partial charge >= 0.3 is 0 Å². The van der Waals surface area contributed by atoms with Gasteiger partial charge in [0.05, 0.1) is 12.8 Å². The first-order chi connectivity index (χ1) is 13.8. The van der Waals surface area contributed by atoms with E-state index in [-0.39, 0.29) is 0 Å². The fourth-order valence-corrected chi connectivity index (χ4v) is 3.98. The SMILES string of the molecule is COc1cccc(Cc2cccc([C@@H]3CCCN(Cc4ccccn4)C3)n2)c1. The Hall–Kier alpha value is -2.72. The number of rotatable bonds is 6. The Balaban J connectivity index is 1.44. The van der Waals surface area contributed by atoms with Crippen molar-refractivity contribution in [1.29, 1.82) is 0 Å². The number of nitrogens with zero attached hydrogens (tertiary/aromatic N) is 3. The van der Waals surface area contributed by atoms with Crippen LogP contribution in [-0.4, -0.2) is 35.1 Å². The summed E-state index contributed by atoms with van der Waals surface area (Å²) in [6, 6.07) is 20.8. The van der Waals surface area contributed by atoms with Crippen molar-refractivity contribution >= 4 is 0 Å². The number of likely N-dealkylation sites (tertiary alicyclic amines) is 1. The van der Waals surface area contributed by atoms with Gasteiger partial charge in [-0.25, -0.2) is 0 Å². The van der Waals surface area contributed by atoms with Gasteiger partial charge in [-0.2, -0.15) is 0 Å². The topological polar surface area (TPSA) is 38.2 Å². The molecule has 3 heterocycles. The second-order valence-electron chi connectivity index (χ2n) is 7.48. The number of hydrogen-bond donors (Lipinski definition) is 0. The zero-order chi connectivity index (χ0) is 19.2. The van der Waals surface area contributed by atoms with Crippen LogP contribution in [0.2, 0.25) is 0 Å². The standard InChI is InChI=1S/C24H27N3O/c1-28-23-11-4-7-19(16-23)15-21-10-5-12-24(26-21)20-8-6-14-27(17-20)18-22-9-2-3-13-25-22/h2-5,7,9-13,16,20H,6,8,14-15,17-18H2,1H3/t20-/m1/s1. The average molecular weight is 374 g/mol. The number of methoxy groups -OCH3 is 1. The lowest BCUT2D eigenvalue weighted by Crippen LogP contribution is -2.34. The van der Waals surface area contributed by atoms with Gasteiger partial charge in [0, 0.05) is 43.0 Å². The van der Waals surface area contributed by atoms with Crippen molar-refractivity contribution in [3.8, 4) is 5.75 Å². The summed E-state index contributed by atoms with van der Waals surface area (Å²) in [6.45, 7) is 3.10. The van der Waals surface area contributed by atoms with E-state index < -0.39 is 0 Å². The van der Waals surface area contributed by atoms with Crippen molar-refractivity contribution in [2.75, 3.05) is 20.2 Å². The molecule has 4 heteroatoms. The molecule has 3 aromatic rings. The van der Waals surface area contributed by atoms with Gasteiger partial charge in [0.15, 0.2) is 0 Å². The fraction of sp³-hybridized carbons (Fsp3) is 0.333. The quantitative estimate of drug-likeness (QED) is 0.640. The number of aromatic nitrogens is 2. The summed E-state index contributed by atoms with van der Waals surface area (Å²) < 4.78 is 5.34. The third-order valence-electron chi connectivity index (χ3n) is 5.38. The first-order valence-corrected chi connectivity index (χ1v) is 10.0. The van der Waals surface area contributed by atoms with E-state index >= 15 is 0 Å². The monoisotopic (exact) mass is 373 g/mol. The Kier molecular flexibility index (Phi) is 5.98. The van der Waals surface area contributed by atoms with Gasteiger partial charge in [0.2, 0.25) is 0 Å². The molecule has 4 nitrogen and oxygen atoms in total. The van der Waals surface area contributed by atoms with Crippen LogP contribution in [-0.2, 0) is 13.0 Å². The van der Waals surface area contributed by atoms with Gasteiger partial charge in [-0.3, -0.25) is 14.9 Å². The largest absolute Gasteiger partial charge is 0.497 e. The molecule has 1 atom stereocenters. The van der Waals surface area contributed by atoms with Gasteiger partial charge in [-0.1, -0.05) is 24.3 Å². The molecule has 0 bridgehead atoms. The molecular formula is C24H27N3O. The maximum atomic E-state index is 5.34. The van der Waals surface area contributed by atoms with E-state index in [9.17, 15) is 0 Å². The Bertz CT molecular complexity index is 897. The normalized spacial score (nSPS) is 17.4. The highest BCUT2D eigenvalue weighted by molar-refractivity contribution is 5.31. The molecule has 1 fully saturated rings. The molecule has 0 amide bonds. The van der Waals surface area contributed by atoms with Gasteiger partial charge < -0.3 is 4.74 Å². The summed E-state index contributed by atoms with van der Waals surface area (Å²) in [5, 5.41) is 0. The number of benzene rings is 1. The predicted molar refractivity (Wildman–Crippen MR) is 112 cm³/mol. The Morgan fingerprint density at radius 3 is 2.79 bits per heavy atom. The Labute approximate surface area is 167 Å². The second kappa shape index (κ2) is 8.98. The molecule has 144 valence electrons. The Morgan fingerprint density at radius 2 is 1.93 bits per heavy atom. The minimum absolute atomic E-state index is 0.489. The molecule has 0 unspecified atom stereocenters.